The van der Waals surface area contributed by atoms with E-state index in [2.05, 4.69) is 27.5 Å². The van der Waals surface area contributed by atoms with Gasteiger partial charge in [-0.2, -0.15) is 0 Å². The van der Waals surface area contributed by atoms with Gasteiger partial charge in [0.2, 0.25) is 0 Å². The first kappa shape index (κ1) is 12.1. The Hall–Kier alpha value is -0.0000000000000000555. The van der Waals surface area contributed by atoms with E-state index in [4.69, 9.17) is 16.3 Å². The van der Waals surface area contributed by atoms with Crippen molar-refractivity contribution in [1.82, 2.24) is 4.90 Å². The zero-order chi connectivity index (χ0) is 10.6. The zero-order valence-corrected chi connectivity index (χ0v) is 11.2. The Labute approximate surface area is 103 Å². The Morgan fingerprint density at radius 1 is 1.43 bits per heavy atom. The summed E-state index contributed by atoms with van der Waals surface area (Å²) in [5.74, 6) is 0.764. The minimum Gasteiger partial charge on any atom is -0.491 e. The lowest BCUT2D eigenvalue weighted by Gasteiger charge is -2.12. The average molecular weight is 326 g/mol. The van der Waals surface area contributed by atoms with Crippen molar-refractivity contribution in [2.75, 3.05) is 27.2 Å². The molecule has 0 aromatic heterocycles. The molecule has 0 unspecified atom stereocenters. The smallest absolute Gasteiger partial charge is 0.139 e. The molecule has 0 saturated heterocycles. The molecule has 0 aliphatic carbocycles. The highest BCUT2D eigenvalue weighted by Crippen LogP contribution is 2.25. The molecular weight excluding hydrogens is 312 g/mol. The van der Waals surface area contributed by atoms with E-state index >= 15 is 0 Å². The van der Waals surface area contributed by atoms with Crippen LogP contribution in [0.15, 0.2) is 18.2 Å². The summed E-state index contributed by atoms with van der Waals surface area (Å²) >= 11 is 8.21. The molecular formula is C10H13ClINO. The lowest BCUT2D eigenvalue weighted by atomic mass is 10.3. The third-order valence-electron chi connectivity index (χ3n) is 1.69. The van der Waals surface area contributed by atoms with Crippen LogP contribution in [0.25, 0.3) is 0 Å². The van der Waals surface area contributed by atoms with Crippen molar-refractivity contribution < 1.29 is 4.74 Å². The normalized spacial score (nSPS) is 10.6. The van der Waals surface area contributed by atoms with Gasteiger partial charge in [0.1, 0.15) is 12.4 Å². The van der Waals surface area contributed by atoms with Gasteiger partial charge >= 0.3 is 0 Å². The van der Waals surface area contributed by atoms with Gasteiger partial charge in [-0.3, -0.25) is 0 Å². The summed E-state index contributed by atoms with van der Waals surface area (Å²) in [6, 6.07) is 5.76. The van der Waals surface area contributed by atoms with Crippen molar-refractivity contribution in [2.24, 2.45) is 0 Å². The summed E-state index contributed by atoms with van der Waals surface area (Å²) < 4.78 is 6.68. The largest absolute Gasteiger partial charge is 0.491 e. The van der Waals surface area contributed by atoms with E-state index in [1.807, 2.05) is 32.3 Å². The summed E-state index contributed by atoms with van der Waals surface area (Å²) in [4.78, 5) is 2.07. The molecule has 0 spiro atoms. The van der Waals surface area contributed by atoms with Crippen molar-refractivity contribution >= 4 is 34.2 Å². The molecule has 0 aliphatic heterocycles. The summed E-state index contributed by atoms with van der Waals surface area (Å²) in [5, 5.41) is 0.671. The number of likely N-dealkylation sites (N-methyl/N-ethyl adjacent to an activating group) is 1. The number of benzene rings is 1. The quantitative estimate of drug-likeness (QED) is 0.789. The summed E-state index contributed by atoms with van der Waals surface area (Å²) in [6.07, 6.45) is 0. The molecule has 1 aromatic rings. The lowest BCUT2D eigenvalue weighted by molar-refractivity contribution is 0.261. The first-order valence-corrected chi connectivity index (χ1v) is 5.78. The summed E-state index contributed by atoms with van der Waals surface area (Å²) in [6.45, 7) is 1.55. The van der Waals surface area contributed by atoms with Gasteiger partial charge in [-0.15, -0.1) is 0 Å². The van der Waals surface area contributed by atoms with E-state index in [0.717, 1.165) is 15.9 Å². The molecule has 0 amide bonds. The molecule has 0 fully saturated rings. The third kappa shape index (κ3) is 4.02. The van der Waals surface area contributed by atoms with Crippen LogP contribution in [0.2, 0.25) is 5.02 Å². The number of hydrogen-bond acceptors (Lipinski definition) is 2. The van der Waals surface area contributed by atoms with Crippen LogP contribution >= 0.6 is 34.2 Å². The monoisotopic (exact) mass is 325 g/mol. The van der Waals surface area contributed by atoms with E-state index in [-0.39, 0.29) is 0 Å². The zero-order valence-electron chi connectivity index (χ0n) is 8.26. The summed E-state index contributed by atoms with van der Waals surface area (Å²) in [5.41, 5.74) is 0. The second-order valence-corrected chi connectivity index (χ2v) is 4.88. The SMILES string of the molecule is CN(C)CCOc1cc(I)ccc1Cl. The Balaban J connectivity index is 2.53. The number of hydrogen-bond donors (Lipinski definition) is 0. The van der Waals surface area contributed by atoms with Crippen LogP contribution in [0.1, 0.15) is 0 Å². The van der Waals surface area contributed by atoms with Gasteiger partial charge in [0.05, 0.1) is 5.02 Å². The predicted molar refractivity (Wildman–Crippen MR) is 68.2 cm³/mol. The van der Waals surface area contributed by atoms with E-state index in [9.17, 15) is 0 Å². The maximum Gasteiger partial charge on any atom is 0.139 e. The van der Waals surface area contributed by atoms with Gasteiger partial charge in [0.25, 0.3) is 0 Å². The molecule has 0 saturated carbocycles. The van der Waals surface area contributed by atoms with Gasteiger partial charge in [-0.25, -0.2) is 0 Å². The molecule has 0 aliphatic rings. The topological polar surface area (TPSA) is 12.5 Å². The number of halogens is 2. The number of rotatable bonds is 4. The summed E-state index contributed by atoms with van der Waals surface area (Å²) in [7, 11) is 4.03. The molecule has 0 bridgehead atoms. The molecule has 1 rings (SSSR count). The Morgan fingerprint density at radius 2 is 2.14 bits per heavy atom. The number of nitrogens with zero attached hydrogens (tertiary/aromatic N) is 1. The van der Waals surface area contributed by atoms with Crippen molar-refractivity contribution in [3.63, 3.8) is 0 Å². The highest BCUT2D eigenvalue weighted by Gasteiger charge is 2.01. The van der Waals surface area contributed by atoms with Gasteiger partial charge in [0, 0.05) is 10.1 Å². The standard InChI is InChI=1S/C10H13ClINO/c1-13(2)5-6-14-10-7-8(12)3-4-9(10)11/h3-4,7H,5-6H2,1-2H3. The third-order valence-corrected chi connectivity index (χ3v) is 2.67. The van der Waals surface area contributed by atoms with E-state index < -0.39 is 0 Å². The maximum atomic E-state index is 5.97. The van der Waals surface area contributed by atoms with Crippen molar-refractivity contribution in [2.45, 2.75) is 0 Å². The second-order valence-electron chi connectivity index (χ2n) is 3.23. The minimum atomic E-state index is 0.660. The van der Waals surface area contributed by atoms with Crippen molar-refractivity contribution in [3.8, 4) is 5.75 Å². The predicted octanol–water partition coefficient (Wildman–Crippen LogP) is 2.89. The van der Waals surface area contributed by atoms with Crippen LogP contribution in [-0.2, 0) is 0 Å². The van der Waals surface area contributed by atoms with Crippen molar-refractivity contribution in [3.05, 3.63) is 26.8 Å². The second kappa shape index (κ2) is 5.78. The van der Waals surface area contributed by atoms with Gasteiger partial charge < -0.3 is 9.64 Å². The molecule has 0 N–H and O–H groups in total. The van der Waals surface area contributed by atoms with Crippen LogP contribution < -0.4 is 4.74 Å². The first-order chi connectivity index (χ1) is 6.59. The molecule has 0 heterocycles. The minimum absolute atomic E-state index is 0.660. The van der Waals surface area contributed by atoms with E-state index in [0.29, 0.717) is 11.6 Å². The number of ether oxygens (including phenoxy) is 1. The van der Waals surface area contributed by atoms with E-state index in [1.165, 1.54) is 0 Å². The highest BCUT2D eigenvalue weighted by molar-refractivity contribution is 14.1. The van der Waals surface area contributed by atoms with E-state index in [1.54, 1.807) is 0 Å². The maximum absolute atomic E-state index is 5.97. The molecule has 1 aromatic carbocycles. The lowest BCUT2D eigenvalue weighted by Crippen LogP contribution is -2.19. The fourth-order valence-electron chi connectivity index (χ4n) is 0.926. The van der Waals surface area contributed by atoms with Crippen LogP contribution in [0.4, 0.5) is 0 Å². The average Bonchev–Trinajstić information content (AvgIpc) is 2.10. The molecule has 0 radical (unpaired) electrons. The van der Waals surface area contributed by atoms with Crippen LogP contribution in [0, 0.1) is 3.57 Å². The first-order valence-electron chi connectivity index (χ1n) is 4.32. The molecule has 0 atom stereocenters. The molecule has 14 heavy (non-hydrogen) atoms. The van der Waals surface area contributed by atoms with Crippen LogP contribution in [0.3, 0.4) is 0 Å². The molecule has 78 valence electrons. The Morgan fingerprint density at radius 3 is 2.79 bits per heavy atom. The van der Waals surface area contributed by atoms with Crippen molar-refractivity contribution in [1.29, 1.82) is 0 Å². The van der Waals surface area contributed by atoms with Gasteiger partial charge in [-0.1, -0.05) is 11.6 Å². The van der Waals surface area contributed by atoms with Gasteiger partial charge in [-0.05, 0) is 54.9 Å². The Kier molecular flexibility index (Phi) is 4.98. The molecule has 4 heteroatoms. The fourth-order valence-corrected chi connectivity index (χ4v) is 1.56. The van der Waals surface area contributed by atoms with Crippen LogP contribution in [-0.4, -0.2) is 32.1 Å². The van der Waals surface area contributed by atoms with Gasteiger partial charge in [0.15, 0.2) is 0 Å². The Bertz CT molecular complexity index is 304. The van der Waals surface area contributed by atoms with Crippen LogP contribution in [0.5, 0.6) is 5.75 Å². The molecule has 2 nitrogen and oxygen atoms in total. The fraction of sp³-hybridized carbons (Fsp3) is 0.400. The highest BCUT2D eigenvalue weighted by atomic mass is 127.